The van der Waals surface area contributed by atoms with E-state index in [4.69, 9.17) is 9.72 Å². The Labute approximate surface area is 180 Å². The lowest BCUT2D eigenvalue weighted by Crippen LogP contribution is -2.49. The molecule has 1 atom stereocenters. The molecule has 2 aromatic rings. The molecule has 0 saturated carbocycles. The molecule has 0 N–H and O–H groups in total. The summed E-state index contributed by atoms with van der Waals surface area (Å²) in [5, 5.41) is 0. The summed E-state index contributed by atoms with van der Waals surface area (Å²) < 4.78 is 5.51. The van der Waals surface area contributed by atoms with Gasteiger partial charge >= 0.3 is 0 Å². The predicted molar refractivity (Wildman–Crippen MR) is 119 cm³/mol. The number of carbonyl (C=O) groups excluding carboxylic acids is 1. The molecule has 5 heteroatoms. The molecule has 1 amide bonds. The van der Waals surface area contributed by atoms with E-state index in [1.165, 1.54) is 30.6 Å². The average molecular weight is 408 g/mol. The zero-order valence-corrected chi connectivity index (χ0v) is 18.2. The van der Waals surface area contributed by atoms with E-state index in [2.05, 4.69) is 35.2 Å². The molecule has 0 unspecified atom stereocenters. The number of hydrogen-bond acceptors (Lipinski definition) is 4. The van der Waals surface area contributed by atoms with Crippen molar-refractivity contribution in [3.63, 3.8) is 0 Å². The number of likely N-dealkylation sites (tertiary alicyclic amines) is 2. The van der Waals surface area contributed by atoms with Gasteiger partial charge in [-0.25, -0.2) is 0 Å². The number of nitrogens with zero attached hydrogens (tertiary/aromatic N) is 3. The Morgan fingerprint density at radius 3 is 2.63 bits per heavy atom. The summed E-state index contributed by atoms with van der Waals surface area (Å²) in [6.07, 6.45) is 5.39. The summed E-state index contributed by atoms with van der Waals surface area (Å²) in [5.41, 5.74) is 3.49. The molecule has 1 aromatic heterocycles. The van der Waals surface area contributed by atoms with Crippen molar-refractivity contribution in [1.82, 2.24) is 14.8 Å². The van der Waals surface area contributed by atoms with E-state index in [-0.39, 0.29) is 5.91 Å². The highest BCUT2D eigenvalue weighted by Crippen LogP contribution is 2.30. The van der Waals surface area contributed by atoms with Crippen LogP contribution in [-0.2, 0) is 11.2 Å². The zero-order valence-electron chi connectivity index (χ0n) is 18.2. The van der Waals surface area contributed by atoms with Gasteiger partial charge in [0, 0.05) is 61.9 Å². The highest BCUT2D eigenvalue weighted by molar-refractivity contribution is 5.73. The molecule has 5 nitrogen and oxygen atoms in total. The van der Waals surface area contributed by atoms with Crippen molar-refractivity contribution < 1.29 is 9.53 Å². The van der Waals surface area contributed by atoms with E-state index in [9.17, 15) is 4.79 Å². The Kier molecular flexibility index (Phi) is 6.68. The Morgan fingerprint density at radius 1 is 1.07 bits per heavy atom. The monoisotopic (exact) mass is 407 g/mol. The van der Waals surface area contributed by atoms with Gasteiger partial charge in [-0.05, 0) is 50.4 Å². The van der Waals surface area contributed by atoms with E-state index in [1.54, 1.807) is 14.0 Å². The molecule has 1 aromatic carbocycles. The molecule has 3 heterocycles. The van der Waals surface area contributed by atoms with Crippen LogP contribution in [0.1, 0.15) is 55.5 Å². The van der Waals surface area contributed by atoms with Crippen LogP contribution in [0.25, 0.3) is 0 Å². The maximum absolute atomic E-state index is 11.6. The first-order chi connectivity index (χ1) is 14.6. The number of amides is 1. The first-order valence-corrected chi connectivity index (χ1v) is 11.2. The summed E-state index contributed by atoms with van der Waals surface area (Å²) in [6.45, 7) is 5.72. The minimum Gasteiger partial charge on any atom is -0.496 e. The highest BCUT2D eigenvalue weighted by Gasteiger charge is 2.30. The van der Waals surface area contributed by atoms with Crippen molar-refractivity contribution in [1.29, 1.82) is 0 Å². The zero-order chi connectivity index (χ0) is 20.9. The molecule has 0 radical (unpaired) electrons. The van der Waals surface area contributed by atoms with Gasteiger partial charge in [-0.15, -0.1) is 0 Å². The first kappa shape index (κ1) is 20.9. The molecule has 0 spiro atoms. The lowest BCUT2D eigenvalue weighted by Gasteiger charge is -2.42. The van der Waals surface area contributed by atoms with Gasteiger partial charge in [0.05, 0.1) is 7.11 Å². The first-order valence-electron chi connectivity index (χ1n) is 11.2. The molecule has 2 aliphatic rings. The van der Waals surface area contributed by atoms with Crippen LogP contribution in [0.3, 0.4) is 0 Å². The molecule has 2 aliphatic heterocycles. The van der Waals surface area contributed by atoms with E-state index in [0.29, 0.717) is 12.0 Å². The average Bonchev–Trinajstić information content (AvgIpc) is 2.80. The second-order valence-corrected chi connectivity index (χ2v) is 8.61. The Balaban J connectivity index is 1.41. The third kappa shape index (κ3) is 4.84. The van der Waals surface area contributed by atoms with Gasteiger partial charge in [-0.3, -0.25) is 14.7 Å². The lowest BCUT2D eigenvalue weighted by molar-refractivity contribution is -0.130. The largest absolute Gasteiger partial charge is 0.496 e. The molecule has 30 heavy (non-hydrogen) atoms. The van der Waals surface area contributed by atoms with Crippen LogP contribution in [0.4, 0.5) is 0 Å². The van der Waals surface area contributed by atoms with Gasteiger partial charge in [0.2, 0.25) is 5.91 Å². The number of methoxy groups -OCH3 is 1. The van der Waals surface area contributed by atoms with Gasteiger partial charge in [0.25, 0.3) is 0 Å². The van der Waals surface area contributed by atoms with Crippen LogP contribution >= 0.6 is 0 Å². The van der Waals surface area contributed by atoms with E-state index >= 15 is 0 Å². The Hall–Kier alpha value is -2.40. The van der Waals surface area contributed by atoms with Crippen LogP contribution < -0.4 is 4.74 Å². The fourth-order valence-electron chi connectivity index (χ4n) is 4.99. The number of piperidine rings is 2. The second-order valence-electron chi connectivity index (χ2n) is 8.61. The molecule has 2 saturated heterocycles. The lowest BCUT2D eigenvalue weighted by atomic mass is 9.91. The highest BCUT2D eigenvalue weighted by atomic mass is 16.5. The maximum Gasteiger partial charge on any atom is 0.219 e. The number of rotatable bonds is 5. The maximum atomic E-state index is 11.6. The van der Waals surface area contributed by atoms with Crippen molar-refractivity contribution in [3.05, 3.63) is 59.4 Å². The number of para-hydroxylation sites is 1. The molecule has 4 rings (SSSR count). The number of pyridine rings is 1. The third-order valence-corrected chi connectivity index (χ3v) is 6.69. The summed E-state index contributed by atoms with van der Waals surface area (Å²) in [4.78, 5) is 21.3. The Morgan fingerprint density at radius 2 is 1.87 bits per heavy atom. The molecule has 2 fully saturated rings. The van der Waals surface area contributed by atoms with Crippen LogP contribution in [-0.4, -0.2) is 60.0 Å². The van der Waals surface area contributed by atoms with Crippen molar-refractivity contribution in [2.45, 2.75) is 51.0 Å². The van der Waals surface area contributed by atoms with Crippen LogP contribution in [0.15, 0.2) is 42.5 Å². The molecule has 0 aliphatic carbocycles. The van der Waals surface area contributed by atoms with Gasteiger partial charge in [-0.1, -0.05) is 24.3 Å². The number of benzene rings is 1. The summed E-state index contributed by atoms with van der Waals surface area (Å²) in [6, 6.07) is 15.2. The van der Waals surface area contributed by atoms with Crippen LogP contribution in [0, 0.1) is 0 Å². The number of ether oxygens (including phenoxy) is 1. The van der Waals surface area contributed by atoms with Crippen molar-refractivity contribution in [3.8, 4) is 5.75 Å². The molecule has 160 valence electrons. The standard InChI is InChI=1S/C25H33N3O2/c1-19(29)27-15-12-23(13-16-27)28-14-6-8-21(18-28)24-10-5-9-22(26-24)17-20-7-3-4-11-25(20)30-2/h3-5,7,9-11,21,23H,6,8,12-18H2,1-2H3/t21-/m0/s1. The quantitative estimate of drug-likeness (QED) is 0.755. The number of hydrogen-bond donors (Lipinski definition) is 0. The van der Waals surface area contributed by atoms with E-state index < -0.39 is 0 Å². The third-order valence-electron chi connectivity index (χ3n) is 6.69. The molecular weight excluding hydrogens is 374 g/mol. The summed E-state index contributed by atoms with van der Waals surface area (Å²) in [5.74, 6) is 1.62. The SMILES string of the molecule is COc1ccccc1Cc1cccc([C@H]2CCCN(C3CCN(C(C)=O)CC3)C2)n1. The summed E-state index contributed by atoms with van der Waals surface area (Å²) in [7, 11) is 1.72. The second kappa shape index (κ2) is 9.61. The van der Waals surface area contributed by atoms with E-state index in [1.807, 2.05) is 17.0 Å². The fourth-order valence-corrected chi connectivity index (χ4v) is 4.99. The summed E-state index contributed by atoms with van der Waals surface area (Å²) >= 11 is 0. The van der Waals surface area contributed by atoms with Crippen LogP contribution in [0.5, 0.6) is 5.75 Å². The predicted octanol–water partition coefficient (Wildman–Crippen LogP) is 3.87. The van der Waals surface area contributed by atoms with Gasteiger partial charge < -0.3 is 9.64 Å². The van der Waals surface area contributed by atoms with E-state index in [0.717, 1.165) is 50.3 Å². The number of aromatic nitrogens is 1. The van der Waals surface area contributed by atoms with Crippen molar-refractivity contribution in [2.75, 3.05) is 33.3 Å². The normalized spacial score (nSPS) is 20.9. The molecule has 0 bridgehead atoms. The van der Waals surface area contributed by atoms with Crippen LogP contribution in [0.2, 0.25) is 0 Å². The Bertz CT molecular complexity index is 861. The minimum atomic E-state index is 0.209. The fraction of sp³-hybridized carbons (Fsp3) is 0.520. The van der Waals surface area contributed by atoms with Gasteiger partial charge in [0.1, 0.15) is 5.75 Å². The number of carbonyl (C=O) groups is 1. The molecular formula is C25H33N3O2. The minimum absolute atomic E-state index is 0.209. The van der Waals surface area contributed by atoms with Gasteiger partial charge in [0.15, 0.2) is 0 Å². The van der Waals surface area contributed by atoms with Crippen molar-refractivity contribution in [2.24, 2.45) is 0 Å². The van der Waals surface area contributed by atoms with Crippen molar-refractivity contribution >= 4 is 5.91 Å². The topological polar surface area (TPSA) is 45.7 Å². The van der Waals surface area contributed by atoms with Gasteiger partial charge in [-0.2, -0.15) is 0 Å². The smallest absolute Gasteiger partial charge is 0.219 e.